The van der Waals surface area contributed by atoms with E-state index < -0.39 is 17.7 Å². The van der Waals surface area contributed by atoms with Crippen LogP contribution in [0.3, 0.4) is 0 Å². The van der Waals surface area contributed by atoms with Crippen LogP contribution in [-0.2, 0) is 6.42 Å². The minimum atomic E-state index is -0.837. The van der Waals surface area contributed by atoms with Crippen LogP contribution in [0.15, 0.2) is 60.7 Å². The van der Waals surface area contributed by atoms with Crippen LogP contribution >= 0.6 is 0 Å². The Hall–Kier alpha value is -2.26. The summed E-state index contributed by atoms with van der Waals surface area (Å²) in [6, 6.07) is 16.8. The Labute approximate surface area is 121 Å². The topological polar surface area (TPSA) is 20.2 Å². The SMILES string of the molecule is OC(Cc1ccc(F)cc1F)c1cccc2ccccc12. The summed E-state index contributed by atoms with van der Waals surface area (Å²) in [5, 5.41) is 12.4. The number of rotatable bonds is 3. The average molecular weight is 284 g/mol. The normalized spacial score (nSPS) is 12.5. The van der Waals surface area contributed by atoms with Crippen molar-refractivity contribution in [2.45, 2.75) is 12.5 Å². The second kappa shape index (κ2) is 5.62. The Morgan fingerprint density at radius 3 is 2.48 bits per heavy atom. The van der Waals surface area contributed by atoms with Gasteiger partial charge in [0.15, 0.2) is 0 Å². The van der Waals surface area contributed by atoms with E-state index in [0.717, 1.165) is 22.4 Å². The van der Waals surface area contributed by atoms with E-state index in [2.05, 4.69) is 0 Å². The Balaban J connectivity index is 1.95. The van der Waals surface area contributed by atoms with Crippen molar-refractivity contribution in [3.63, 3.8) is 0 Å². The summed E-state index contributed by atoms with van der Waals surface area (Å²) in [7, 11) is 0. The average Bonchev–Trinajstić information content (AvgIpc) is 2.49. The van der Waals surface area contributed by atoms with E-state index in [4.69, 9.17) is 0 Å². The van der Waals surface area contributed by atoms with Gasteiger partial charge in [0.2, 0.25) is 0 Å². The lowest BCUT2D eigenvalue weighted by molar-refractivity contribution is 0.178. The van der Waals surface area contributed by atoms with Crippen molar-refractivity contribution in [3.05, 3.63) is 83.4 Å². The van der Waals surface area contributed by atoms with E-state index in [1.807, 2.05) is 42.5 Å². The van der Waals surface area contributed by atoms with Crippen molar-refractivity contribution in [2.75, 3.05) is 0 Å². The van der Waals surface area contributed by atoms with Crippen LogP contribution in [0.4, 0.5) is 8.78 Å². The molecular weight excluding hydrogens is 270 g/mol. The van der Waals surface area contributed by atoms with Crippen molar-refractivity contribution < 1.29 is 13.9 Å². The van der Waals surface area contributed by atoms with Gasteiger partial charge in [-0.2, -0.15) is 0 Å². The number of halogens is 2. The highest BCUT2D eigenvalue weighted by Crippen LogP contribution is 2.27. The molecule has 1 unspecified atom stereocenters. The van der Waals surface area contributed by atoms with Gasteiger partial charge in [-0.25, -0.2) is 8.78 Å². The predicted molar refractivity (Wildman–Crippen MR) is 79.0 cm³/mol. The maximum absolute atomic E-state index is 13.7. The molecule has 0 aliphatic carbocycles. The van der Waals surface area contributed by atoms with Gasteiger partial charge in [0, 0.05) is 12.5 Å². The molecule has 0 aliphatic heterocycles. The second-order valence-electron chi connectivity index (χ2n) is 5.02. The van der Waals surface area contributed by atoms with Gasteiger partial charge >= 0.3 is 0 Å². The third kappa shape index (κ3) is 2.78. The van der Waals surface area contributed by atoms with Gasteiger partial charge in [-0.3, -0.25) is 0 Å². The first-order valence-electron chi connectivity index (χ1n) is 6.75. The molecule has 0 aliphatic rings. The fourth-order valence-electron chi connectivity index (χ4n) is 2.55. The van der Waals surface area contributed by atoms with E-state index in [-0.39, 0.29) is 6.42 Å². The standard InChI is InChI=1S/C18H14F2O/c19-14-9-8-13(17(20)11-14)10-18(21)16-7-3-5-12-4-1-2-6-15(12)16/h1-9,11,18,21H,10H2. The molecule has 0 radical (unpaired) electrons. The molecule has 0 fully saturated rings. The Morgan fingerprint density at radius 2 is 1.67 bits per heavy atom. The molecule has 3 aromatic carbocycles. The summed E-state index contributed by atoms with van der Waals surface area (Å²) in [5.74, 6) is -1.25. The summed E-state index contributed by atoms with van der Waals surface area (Å²) < 4.78 is 26.6. The zero-order chi connectivity index (χ0) is 14.8. The first-order valence-corrected chi connectivity index (χ1v) is 6.75. The monoisotopic (exact) mass is 284 g/mol. The van der Waals surface area contributed by atoms with Gasteiger partial charge in [-0.05, 0) is 28.0 Å². The zero-order valence-corrected chi connectivity index (χ0v) is 11.3. The molecule has 3 heteroatoms. The van der Waals surface area contributed by atoms with Gasteiger partial charge in [0.25, 0.3) is 0 Å². The maximum Gasteiger partial charge on any atom is 0.129 e. The van der Waals surface area contributed by atoms with Crippen molar-refractivity contribution in [3.8, 4) is 0 Å². The quantitative estimate of drug-likeness (QED) is 0.756. The molecule has 0 saturated carbocycles. The number of fused-ring (bicyclic) bond motifs is 1. The summed E-state index contributed by atoms with van der Waals surface area (Å²) in [4.78, 5) is 0. The van der Waals surface area contributed by atoms with Crippen LogP contribution < -0.4 is 0 Å². The molecule has 0 amide bonds. The highest BCUT2D eigenvalue weighted by atomic mass is 19.1. The van der Waals surface area contributed by atoms with Gasteiger partial charge in [-0.15, -0.1) is 0 Å². The molecule has 0 heterocycles. The summed E-state index contributed by atoms with van der Waals surface area (Å²) in [6.07, 6.45) is -0.726. The lowest BCUT2D eigenvalue weighted by Crippen LogP contribution is -2.04. The van der Waals surface area contributed by atoms with E-state index in [1.54, 1.807) is 0 Å². The maximum atomic E-state index is 13.7. The highest BCUT2D eigenvalue weighted by molar-refractivity contribution is 5.86. The molecule has 0 spiro atoms. The smallest absolute Gasteiger partial charge is 0.129 e. The molecule has 0 bridgehead atoms. The van der Waals surface area contributed by atoms with E-state index in [9.17, 15) is 13.9 Å². The highest BCUT2D eigenvalue weighted by Gasteiger charge is 2.14. The zero-order valence-electron chi connectivity index (χ0n) is 11.3. The Kier molecular flexibility index (Phi) is 3.67. The molecule has 21 heavy (non-hydrogen) atoms. The lowest BCUT2D eigenvalue weighted by atomic mass is 9.96. The molecule has 3 rings (SSSR count). The first kappa shape index (κ1) is 13.7. The van der Waals surface area contributed by atoms with Crippen molar-refractivity contribution in [1.82, 2.24) is 0 Å². The van der Waals surface area contributed by atoms with Crippen molar-refractivity contribution in [1.29, 1.82) is 0 Å². The molecule has 0 aromatic heterocycles. The van der Waals surface area contributed by atoms with E-state index in [0.29, 0.717) is 5.56 Å². The second-order valence-corrected chi connectivity index (χ2v) is 5.02. The third-order valence-electron chi connectivity index (χ3n) is 3.61. The summed E-state index contributed by atoms with van der Waals surface area (Å²) in [6.45, 7) is 0. The van der Waals surface area contributed by atoms with E-state index in [1.165, 1.54) is 12.1 Å². The van der Waals surface area contributed by atoms with Gasteiger partial charge < -0.3 is 5.11 Å². The lowest BCUT2D eigenvalue weighted by Gasteiger charge is -2.14. The minimum Gasteiger partial charge on any atom is -0.388 e. The van der Waals surface area contributed by atoms with Crippen LogP contribution in [0.2, 0.25) is 0 Å². The fourth-order valence-corrected chi connectivity index (χ4v) is 2.55. The fraction of sp³-hybridized carbons (Fsp3) is 0.111. The van der Waals surface area contributed by atoms with Gasteiger partial charge in [0.1, 0.15) is 11.6 Å². The molecule has 3 aromatic rings. The first-order chi connectivity index (χ1) is 10.1. The van der Waals surface area contributed by atoms with Crippen molar-refractivity contribution >= 4 is 10.8 Å². The predicted octanol–water partition coefficient (Wildman–Crippen LogP) is 4.39. The Morgan fingerprint density at radius 1 is 0.905 bits per heavy atom. The number of hydrogen-bond acceptors (Lipinski definition) is 1. The minimum absolute atomic E-state index is 0.111. The van der Waals surface area contributed by atoms with Crippen LogP contribution in [0.1, 0.15) is 17.2 Å². The van der Waals surface area contributed by atoms with Crippen LogP contribution in [0, 0.1) is 11.6 Å². The number of aliphatic hydroxyl groups is 1. The number of benzene rings is 3. The van der Waals surface area contributed by atoms with Crippen molar-refractivity contribution in [2.24, 2.45) is 0 Å². The third-order valence-corrected chi connectivity index (χ3v) is 3.61. The van der Waals surface area contributed by atoms with Gasteiger partial charge in [-0.1, -0.05) is 48.5 Å². The van der Waals surface area contributed by atoms with Crippen LogP contribution in [0.5, 0.6) is 0 Å². The summed E-state index contributed by atoms with van der Waals surface area (Å²) in [5.41, 5.74) is 1.05. The molecule has 0 saturated heterocycles. The molecular formula is C18H14F2O. The number of aliphatic hydroxyl groups excluding tert-OH is 1. The van der Waals surface area contributed by atoms with Gasteiger partial charge in [0.05, 0.1) is 6.10 Å². The molecule has 1 nitrogen and oxygen atoms in total. The number of hydrogen-bond donors (Lipinski definition) is 1. The summed E-state index contributed by atoms with van der Waals surface area (Å²) >= 11 is 0. The Bertz CT molecular complexity index is 778. The molecule has 1 atom stereocenters. The molecule has 1 N–H and O–H groups in total. The van der Waals surface area contributed by atoms with E-state index >= 15 is 0 Å². The largest absolute Gasteiger partial charge is 0.388 e. The molecule has 106 valence electrons. The van der Waals surface area contributed by atoms with Crippen LogP contribution in [-0.4, -0.2) is 5.11 Å². The van der Waals surface area contributed by atoms with Crippen LogP contribution in [0.25, 0.3) is 10.8 Å².